The molecule has 2 nitrogen and oxygen atoms in total. The maximum atomic E-state index is 2.40. The van der Waals surface area contributed by atoms with Crippen molar-refractivity contribution in [2.75, 3.05) is 9.80 Å². The van der Waals surface area contributed by atoms with Crippen LogP contribution in [0.15, 0.2) is 170 Å². The molecule has 0 spiro atoms. The van der Waals surface area contributed by atoms with Gasteiger partial charge in [0.15, 0.2) is 0 Å². The molecule has 0 aliphatic carbocycles. The summed E-state index contributed by atoms with van der Waals surface area (Å²) in [5, 5.41) is 0. The van der Waals surface area contributed by atoms with E-state index in [2.05, 4.69) is 228 Å². The first-order valence-corrected chi connectivity index (χ1v) is 19.3. The van der Waals surface area contributed by atoms with Crippen LogP contribution in [-0.4, -0.2) is 0 Å². The Bertz CT molecular complexity index is 2220. The van der Waals surface area contributed by atoms with E-state index in [0.29, 0.717) is 5.92 Å². The van der Waals surface area contributed by atoms with E-state index in [-0.39, 0.29) is 5.41 Å². The molecule has 54 heavy (non-hydrogen) atoms. The van der Waals surface area contributed by atoms with Crippen molar-refractivity contribution in [3.63, 3.8) is 0 Å². The lowest BCUT2D eigenvalue weighted by molar-refractivity contribution is 0.427. The Balaban J connectivity index is 1.20. The Morgan fingerprint density at radius 1 is 0.352 bits per heavy atom. The summed E-state index contributed by atoms with van der Waals surface area (Å²) in [6.07, 6.45) is 1.09. The van der Waals surface area contributed by atoms with Crippen LogP contribution < -0.4 is 9.80 Å². The van der Waals surface area contributed by atoms with Crippen molar-refractivity contribution in [2.45, 2.75) is 60.3 Å². The molecule has 0 amide bonds. The fourth-order valence-corrected chi connectivity index (χ4v) is 7.70. The average Bonchev–Trinajstić information content (AvgIpc) is 3.18. The molecule has 0 bridgehead atoms. The standard InChI is InChI=1S/C52H52N2/c1-37(2)36-52(7,44-20-8-38(3)9-21-44)45-22-16-42(17-23-45)43-18-30-49(31-19-43)54(48-28-14-41(6)15-29-48)51-34-32-50(33-35-51)53(46-24-10-39(4)11-25-46)47-26-12-40(5)13-27-47/h8-35,37H,36H2,1-7H3. The third-order valence-electron chi connectivity index (χ3n) is 10.7. The van der Waals surface area contributed by atoms with Gasteiger partial charge < -0.3 is 9.80 Å². The van der Waals surface area contributed by atoms with Crippen molar-refractivity contribution in [3.8, 4) is 11.1 Å². The zero-order valence-electron chi connectivity index (χ0n) is 32.8. The van der Waals surface area contributed by atoms with E-state index in [9.17, 15) is 0 Å². The second-order valence-electron chi connectivity index (χ2n) is 15.6. The van der Waals surface area contributed by atoms with Crippen LogP contribution >= 0.6 is 0 Å². The molecule has 0 N–H and O–H groups in total. The van der Waals surface area contributed by atoms with Crippen molar-refractivity contribution in [1.29, 1.82) is 0 Å². The van der Waals surface area contributed by atoms with Crippen molar-refractivity contribution < 1.29 is 0 Å². The SMILES string of the molecule is Cc1ccc(N(c2ccc(C)cc2)c2ccc(N(c3ccc(C)cc3)c3ccc(-c4ccc(C(C)(CC(C)C)c5ccc(C)cc5)cc4)cc3)cc2)cc1. The minimum absolute atomic E-state index is 0.0500. The molecule has 7 aromatic carbocycles. The number of aryl methyl sites for hydroxylation is 4. The van der Waals surface area contributed by atoms with E-state index in [1.807, 2.05) is 0 Å². The van der Waals surface area contributed by atoms with Gasteiger partial charge in [0, 0.05) is 39.5 Å². The van der Waals surface area contributed by atoms with E-state index in [1.165, 1.54) is 44.5 Å². The number of hydrogen-bond acceptors (Lipinski definition) is 2. The monoisotopic (exact) mass is 704 g/mol. The summed E-state index contributed by atoms with van der Waals surface area (Å²) in [6.45, 7) is 15.6. The molecule has 0 aliphatic heterocycles. The van der Waals surface area contributed by atoms with Gasteiger partial charge in [0.25, 0.3) is 0 Å². The third-order valence-corrected chi connectivity index (χ3v) is 10.7. The lowest BCUT2D eigenvalue weighted by Gasteiger charge is -2.33. The lowest BCUT2D eigenvalue weighted by Crippen LogP contribution is -2.25. The highest BCUT2D eigenvalue weighted by Gasteiger charge is 2.30. The number of nitrogens with zero attached hydrogens (tertiary/aromatic N) is 2. The molecule has 270 valence electrons. The predicted molar refractivity (Wildman–Crippen MR) is 233 cm³/mol. The van der Waals surface area contributed by atoms with Gasteiger partial charge in [-0.15, -0.1) is 0 Å². The predicted octanol–water partition coefficient (Wildman–Crippen LogP) is 14.9. The van der Waals surface area contributed by atoms with Crippen LogP contribution in [0, 0.1) is 33.6 Å². The second kappa shape index (κ2) is 15.6. The highest BCUT2D eigenvalue weighted by molar-refractivity contribution is 5.82. The minimum atomic E-state index is -0.0500. The largest absolute Gasteiger partial charge is 0.311 e. The van der Waals surface area contributed by atoms with E-state index >= 15 is 0 Å². The Morgan fingerprint density at radius 2 is 0.574 bits per heavy atom. The molecular formula is C52H52N2. The van der Waals surface area contributed by atoms with Crippen LogP contribution in [0.3, 0.4) is 0 Å². The Kier molecular flexibility index (Phi) is 10.6. The van der Waals surface area contributed by atoms with Crippen molar-refractivity contribution in [2.24, 2.45) is 5.92 Å². The maximum Gasteiger partial charge on any atom is 0.0463 e. The summed E-state index contributed by atoms with van der Waals surface area (Å²) < 4.78 is 0. The molecule has 0 saturated heterocycles. The fraction of sp³-hybridized carbons (Fsp3) is 0.192. The fourth-order valence-electron chi connectivity index (χ4n) is 7.70. The Hall–Kier alpha value is -5.86. The van der Waals surface area contributed by atoms with Gasteiger partial charge in [-0.2, -0.15) is 0 Å². The molecule has 0 aliphatic rings. The zero-order valence-corrected chi connectivity index (χ0v) is 32.8. The van der Waals surface area contributed by atoms with Crippen LogP contribution in [0.5, 0.6) is 0 Å². The first-order chi connectivity index (χ1) is 26.1. The van der Waals surface area contributed by atoms with Crippen LogP contribution in [0.1, 0.15) is 60.6 Å². The summed E-state index contributed by atoms with van der Waals surface area (Å²) in [6, 6.07) is 62.6. The molecule has 2 heteroatoms. The van der Waals surface area contributed by atoms with E-state index < -0.39 is 0 Å². The molecule has 1 atom stereocenters. The van der Waals surface area contributed by atoms with E-state index in [0.717, 1.165) is 40.5 Å². The Morgan fingerprint density at radius 3 is 0.870 bits per heavy atom. The average molecular weight is 705 g/mol. The summed E-state index contributed by atoms with van der Waals surface area (Å²) in [5.74, 6) is 0.580. The van der Waals surface area contributed by atoms with Gasteiger partial charge in [0.1, 0.15) is 0 Å². The molecule has 0 saturated carbocycles. The summed E-state index contributed by atoms with van der Waals surface area (Å²) in [7, 11) is 0. The molecule has 0 radical (unpaired) electrons. The van der Waals surface area contributed by atoms with E-state index in [1.54, 1.807) is 0 Å². The molecule has 1 unspecified atom stereocenters. The topological polar surface area (TPSA) is 6.48 Å². The first kappa shape index (κ1) is 36.5. The molecule has 0 heterocycles. The second-order valence-corrected chi connectivity index (χ2v) is 15.6. The van der Waals surface area contributed by atoms with Gasteiger partial charge in [-0.25, -0.2) is 0 Å². The van der Waals surface area contributed by atoms with Gasteiger partial charge in [-0.05, 0) is 135 Å². The number of hydrogen-bond donors (Lipinski definition) is 0. The normalized spacial score (nSPS) is 12.4. The highest BCUT2D eigenvalue weighted by Crippen LogP contribution is 2.41. The lowest BCUT2D eigenvalue weighted by atomic mass is 9.71. The van der Waals surface area contributed by atoms with Crippen LogP contribution in [0.2, 0.25) is 0 Å². The van der Waals surface area contributed by atoms with Crippen molar-refractivity contribution in [3.05, 3.63) is 203 Å². The van der Waals surface area contributed by atoms with Gasteiger partial charge in [-0.1, -0.05) is 140 Å². The molecule has 7 rings (SSSR count). The quantitative estimate of drug-likeness (QED) is 0.132. The van der Waals surface area contributed by atoms with Crippen LogP contribution in [0.4, 0.5) is 34.1 Å². The maximum absolute atomic E-state index is 2.40. The molecular weight excluding hydrogens is 653 g/mol. The van der Waals surface area contributed by atoms with Gasteiger partial charge in [-0.3, -0.25) is 0 Å². The summed E-state index contributed by atoms with van der Waals surface area (Å²) in [5.41, 5.74) is 16.9. The Labute approximate surface area is 323 Å². The smallest absolute Gasteiger partial charge is 0.0463 e. The summed E-state index contributed by atoms with van der Waals surface area (Å²) in [4.78, 5) is 4.67. The third kappa shape index (κ3) is 7.89. The number of anilines is 6. The van der Waals surface area contributed by atoms with Crippen LogP contribution in [0.25, 0.3) is 11.1 Å². The summed E-state index contributed by atoms with van der Waals surface area (Å²) >= 11 is 0. The molecule has 0 fully saturated rings. The van der Waals surface area contributed by atoms with Crippen molar-refractivity contribution >= 4 is 34.1 Å². The number of benzene rings is 7. The highest BCUT2D eigenvalue weighted by atomic mass is 15.2. The van der Waals surface area contributed by atoms with Gasteiger partial charge in [0.05, 0.1) is 0 Å². The first-order valence-electron chi connectivity index (χ1n) is 19.3. The van der Waals surface area contributed by atoms with Crippen molar-refractivity contribution in [1.82, 2.24) is 0 Å². The van der Waals surface area contributed by atoms with Gasteiger partial charge in [0.2, 0.25) is 0 Å². The van der Waals surface area contributed by atoms with Gasteiger partial charge >= 0.3 is 0 Å². The molecule has 0 aromatic heterocycles. The van der Waals surface area contributed by atoms with E-state index in [4.69, 9.17) is 0 Å². The molecule has 7 aromatic rings. The number of rotatable bonds is 11. The minimum Gasteiger partial charge on any atom is -0.311 e. The van der Waals surface area contributed by atoms with Crippen LogP contribution in [-0.2, 0) is 5.41 Å². The zero-order chi connectivity index (χ0) is 37.8.